The summed E-state index contributed by atoms with van der Waals surface area (Å²) < 4.78 is 12.6. The van der Waals surface area contributed by atoms with Crippen LogP contribution in [0.3, 0.4) is 0 Å². The van der Waals surface area contributed by atoms with Crippen LogP contribution in [0.2, 0.25) is 0 Å². The molecule has 2 unspecified atom stereocenters. The second-order valence-corrected chi connectivity index (χ2v) is 4.91. The van der Waals surface area contributed by atoms with Gasteiger partial charge in [-0.2, -0.15) is 5.10 Å². The van der Waals surface area contributed by atoms with Crippen LogP contribution in [0, 0.1) is 6.92 Å². The fraction of sp³-hybridized carbons (Fsp3) is 0.769. The van der Waals surface area contributed by atoms with Gasteiger partial charge < -0.3 is 19.9 Å². The molecule has 1 aliphatic rings. The quantitative estimate of drug-likeness (QED) is 0.789. The van der Waals surface area contributed by atoms with Gasteiger partial charge in [0.05, 0.1) is 37.1 Å². The highest BCUT2D eigenvalue weighted by atomic mass is 16.5. The molecule has 1 aromatic heterocycles. The second kappa shape index (κ2) is 6.36. The van der Waals surface area contributed by atoms with Gasteiger partial charge in [0.15, 0.2) is 0 Å². The lowest BCUT2D eigenvalue weighted by Gasteiger charge is -2.19. The van der Waals surface area contributed by atoms with Gasteiger partial charge in [0.25, 0.3) is 0 Å². The third-order valence-electron chi connectivity index (χ3n) is 3.55. The molecule has 2 N–H and O–H groups in total. The lowest BCUT2D eigenvalue weighted by Crippen LogP contribution is -2.32. The Morgan fingerprint density at radius 3 is 3.00 bits per heavy atom. The SMILES string of the molecule is COc1c(C(CO)NCC2CCCO2)c(C)nn1C. The van der Waals surface area contributed by atoms with E-state index in [2.05, 4.69) is 10.4 Å². The van der Waals surface area contributed by atoms with Gasteiger partial charge in [0.2, 0.25) is 5.88 Å². The van der Waals surface area contributed by atoms with E-state index in [9.17, 15) is 5.11 Å². The summed E-state index contributed by atoms with van der Waals surface area (Å²) in [5.74, 6) is 0.691. The molecule has 0 spiro atoms. The lowest BCUT2D eigenvalue weighted by molar-refractivity contribution is 0.103. The van der Waals surface area contributed by atoms with E-state index in [1.807, 2.05) is 14.0 Å². The van der Waals surface area contributed by atoms with Crippen LogP contribution in [-0.2, 0) is 11.8 Å². The van der Waals surface area contributed by atoms with Gasteiger partial charge in [-0.05, 0) is 19.8 Å². The molecule has 1 saturated heterocycles. The number of aliphatic hydroxyl groups is 1. The Bertz CT molecular complexity index is 414. The topological polar surface area (TPSA) is 68.5 Å². The summed E-state index contributed by atoms with van der Waals surface area (Å²) >= 11 is 0. The monoisotopic (exact) mass is 269 g/mol. The molecule has 1 aliphatic heterocycles. The number of nitrogens with zero attached hydrogens (tertiary/aromatic N) is 2. The van der Waals surface area contributed by atoms with Crippen LogP contribution in [0.4, 0.5) is 0 Å². The average molecular weight is 269 g/mol. The molecule has 0 radical (unpaired) electrons. The first-order valence-electron chi connectivity index (χ1n) is 6.70. The molecule has 2 rings (SSSR count). The third kappa shape index (κ3) is 3.08. The highest BCUT2D eigenvalue weighted by Gasteiger charge is 2.24. The largest absolute Gasteiger partial charge is 0.481 e. The average Bonchev–Trinajstić information content (AvgIpc) is 2.99. The maximum Gasteiger partial charge on any atom is 0.216 e. The van der Waals surface area contributed by atoms with Crippen molar-refractivity contribution in [3.8, 4) is 5.88 Å². The van der Waals surface area contributed by atoms with Crippen LogP contribution in [0.1, 0.15) is 30.1 Å². The summed E-state index contributed by atoms with van der Waals surface area (Å²) in [6, 6.07) is -0.173. The molecule has 19 heavy (non-hydrogen) atoms. The Morgan fingerprint density at radius 2 is 2.42 bits per heavy atom. The molecule has 0 saturated carbocycles. The predicted octanol–water partition coefficient (Wildman–Crippen LogP) is 0.539. The Labute approximate surface area is 113 Å². The minimum absolute atomic E-state index is 0.00954. The third-order valence-corrected chi connectivity index (χ3v) is 3.55. The summed E-state index contributed by atoms with van der Waals surface area (Å²) in [5.41, 5.74) is 1.80. The highest BCUT2D eigenvalue weighted by molar-refractivity contribution is 5.34. The number of hydrogen-bond donors (Lipinski definition) is 2. The number of hydrogen-bond acceptors (Lipinski definition) is 5. The zero-order valence-electron chi connectivity index (χ0n) is 11.8. The number of aromatic nitrogens is 2. The number of aryl methyl sites for hydroxylation is 2. The number of rotatable bonds is 6. The lowest BCUT2D eigenvalue weighted by atomic mass is 10.1. The van der Waals surface area contributed by atoms with Crippen LogP contribution in [0.25, 0.3) is 0 Å². The number of methoxy groups -OCH3 is 1. The molecule has 0 aliphatic carbocycles. The van der Waals surface area contributed by atoms with Crippen molar-refractivity contribution in [2.24, 2.45) is 7.05 Å². The molecule has 0 amide bonds. The maximum atomic E-state index is 9.61. The van der Waals surface area contributed by atoms with Crippen LogP contribution in [-0.4, -0.2) is 47.9 Å². The Hall–Kier alpha value is -1.11. The van der Waals surface area contributed by atoms with E-state index in [1.54, 1.807) is 11.8 Å². The fourth-order valence-electron chi connectivity index (χ4n) is 2.63. The minimum Gasteiger partial charge on any atom is -0.481 e. The molecular weight excluding hydrogens is 246 g/mol. The van der Waals surface area contributed by atoms with E-state index in [0.29, 0.717) is 5.88 Å². The minimum atomic E-state index is -0.173. The molecule has 2 atom stereocenters. The molecule has 0 bridgehead atoms. The highest BCUT2D eigenvalue weighted by Crippen LogP contribution is 2.28. The maximum absolute atomic E-state index is 9.61. The van der Waals surface area contributed by atoms with Gasteiger partial charge in [0.1, 0.15) is 0 Å². The fourth-order valence-corrected chi connectivity index (χ4v) is 2.63. The van der Waals surface area contributed by atoms with Gasteiger partial charge >= 0.3 is 0 Å². The number of aliphatic hydroxyl groups excluding tert-OH is 1. The van der Waals surface area contributed by atoms with E-state index in [-0.39, 0.29) is 18.8 Å². The van der Waals surface area contributed by atoms with Crippen LogP contribution in [0.15, 0.2) is 0 Å². The van der Waals surface area contributed by atoms with Crippen molar-refractivity contribution in [2.45, 2.75) is 31.9 Å². The van der Waals surface area contributed by atoms with Crippen molar-refractivity contribution >= 4 is 0 Å². The van der Waals surface area contributed by atoms with E-state index >= 15 is 0 Å². The molecule has 2 heterocycles. The van der Waals surface area contributed by atoms with Gasteiger partial charge in [-0.25, -0.2) is 4.68 Å². The standard InChI is InChI=1S/C13H23N3O3/c1-9-12(13(18-3)16(2)15-9)11(8-17)14-7-10-5-4-6-19-10/h10-11,14,17H,4-8H2,1-3H3. The first-order valence-corrected chi connectivity index (χ1v) is 6.70. The van der Waals surface area contributed by atoms with Crippen molar-refractivity contribution in [1.29, 1.82) is 0 Å². The van der Waals surface area contributed by atoms with Crippen molar-refractivity contribution in [1.82, 2.24) is 15.1 Å². The van der Waals surface area contributed by atoms with Crippen molar-refractivity contribution in [3.05, 3.63) is 11.3 Å². The first kappa shape index (κ1) is 14.3. The normalized spacial score (nSPS) is 20.7. The molecule has 108 valence electrons. The Kier molecular flexibility index (Phi) is 4.79. The van der Waals surface area contributed by atoms with Crippen LogP contribution >= 0.6 is 0 Å². The molecule has 6 nitrogen and oxygen atoms in total. The summed E-state index contributed by atoms with van der Waals surface area (Å²) in [6.07, 6.45) is 2.44. The van der Waals surface area contributed by atoms with Gasteiger partial charge in [-0.3, -0.25) is 0 Å². The smallest absolute Gasteiger partial charge is 0.216 e. The first-order chi connectivity index (χ1) is 9.17. The molecule has 6 heteroatoms. The molecular formula is C13H23N3O3. The number of ether oxygens (including phenoxy) is 2. The Balaban J connectivity index is 2.07. The van der Waals surface area contributed by atoms with Crippen LogP contribution < -0.4 is 10.1 Å². The molecule has 0 aromatic carbocycles. The zero-order valence-corrected chi connectivity index (χ0v) is 11.8. The van der Waals surface area contributed by atoms with Gasteiger partial charge in [-0.15, -0.1) is 0 Å². The van der Waals surface area contributed by atoms with Crippen molar-refractivity contribution in [3.63, 3.8) is 0 Å². The second-order valence-electron chi connectivity index (χ2n) is 4.91. The van der Waals surface area contributed by atoms with E-state index < -0.39 is 0 Å². The zero-order chi connectivity index (χ0) is 13.8. The van der Waals surface area contributed by atoms with Gasteiger partial charge in [0, 0.05) is 20.2 Å². The Morgan fingerprint density at radius 1 is 1.63 bits per heavy atom. The van der Waals surface area contributed by atoms with E-state index in [1.165, 1.54) is 0 Å². The predicted molar refractivity (Wildman–Crippen MR) is 71.3 cm³/mol. The summed E-state index contributed by atoms with van der Waals surface area (Å²) in [5, 5.41) is 17.3. The number of nitrogens with one attached hydrogen (secondary N) is 1. The van der Waals surface area contributed by atoms with Gasteiger partial charge in [-0.1, -0.05) is 0 Å². The summed E-state index contributed by atoms with van der Waals surface area (Å²) in [7, 11) is 3.46. The molecule has 1 fully saturated rings. The molecule has 1 aromatic rings. The van der Waals surface area contributed by atoms with Crippen molar-refractivity contribution in [2.75, 3.05) is 26.9 Å². The van der Waals surface area contributed by atoms with Crippen LogP contribution in [0.5, 0.6) is 5.88 Å². The summed E-state index contributed by atoms with van der Waals surface area (Å²) in [4.78, 5) is 0. The van der Waals surface area contributed by atoms with Crippen molar-refractivity contribution < 1.29 is 14.6 Å². The van der Waals surface area contributed by atoms with E-state index in [0.717, 1.165) is 37.3 Å². The summed E-state index contributed by atoms with van der Waals surface area (Å²) in [6.45, 7) is 3.51. The van der Waals surface area contributed by atoms with E-state index in [4.69, 9.17) is 9.47 Å².